The number of amides is 1. The summed E-state index contributed by atoms with van der Waals surface area (Å²) in [7, 11) is 0. The first-order valence-corrected chi connectivity index (χ1v) is 9.62. The van der Waals surface area contributed by atoms with Crippen LogP contribution in [0.4, 0.5) is 0 Å². The molecule has 1 aromatic carbocycles. The van der Waals surface area contributed by atoms with E-state index in [1.807, 2.05) is 16.7 Å². The molecule has 1 aromatic heterocycles. The number of unbranched alkanes of at least 4 members (excludes halogenated alkanes) is 3. The van der Waals surface area contributed by atoms with Gasteiger partial charge in [0.1, 0.15) is 6.33 Å². The molecule has 0 saturated carbocycles. The van der Waals surface area contributed by atoms with Crippen LogP contribution in [-0.4, -0.2) is 33.0 Å². The van der Waals surface area contributed by atoms with E-state index in [-0.39, 0.29) is 5.91 Å². The van der Waals surface area contributed by atoms with Crippen LogP contribution in [-0.2, 0) is 11.2 Å². The van der Waals surface area contributed by atoms with E-state index in [0.29, 0.717) is 5.75 Å². The molecule has 0 atom stereocenters. The molecule has 130 valence electrons. The third-order valence-electron chi connectivity index (χ3n) is 3.83. The van der Waals surface area contributed by atoms with Crippen LogP contribution in [0, 0.1) is 0 Å². The molecule has 0 radical (unpaired) electrons. The number of carbonyl (C=O) groups is 1. The molecule has 2 aromatic rings. The molecule has 1 heterocycles. The molecule has 5 nitrogen and oxygen atoms in total. The molecule has 1 N–H and O–H groups in total. The zero-order valence-electron chi connectivity index (χ0n) is 14.5. The van der Waals surface area contributed by atoms with Gasteiger partial charge in [0.2, 0.25) is 5.91 Å². The van der Waals surface area contributed by atoms with Crippen molar-refractivity contribution in [1.82, 2.24) is 20.1 Å². The topological polar surface area (TPSA) is 59.8 Å². The molecular formula is C18H26N4OS. The number of rotatable bonds is 10. The van der Waals surface area contributed by atoms with Crippen LogP contribution in [0.15, 0.2) is 35.7 Å². The molecule has 0 saturated heterocycles. The van der Waals surface area contributed by atoms with E-state index in [0.717, 1.165) is 30.2 Å². The fraction of sp³-hybridized carbons (Fsp3) is 0.500. The van der Waals surface area contributed by atoms with Crippen LogP contribution in [0.1, 0.15) is 45.1 Å². The van der Waals surface area contributed by atoms with E-state index in [2.05, 4.69) is 41.5 Å². The van der Waals surface area contributed by atoms with Gasteiger partial charge >= 0.3 is 0 Å². The molecule has 1 amide bonds. The Morgan fingerprint density at radius 3 is 2.83 bits per heavy atom. The average Bonchev–Trinajstić information content (AvgIpc) is 3.08. The lowest BCUT2D eigenvalue weighted by Crippen LogP contribution is -2.26. The largest absolute Gasteiger partial charge is 0.355 e. The normalized spacial score (nSPS) is 10.8. The van der Waals surface area contributed by atoms with Gasteiger partial charge in [0.25, 0.3) is 0 Å². The summed E-state index contributed by atoms with van der Waals surface area (Å²) in [5.41, 5.74) is 2.31. The van der Waals surface area contributed by atoms with E-state index in [9.17, 15) is 4.79 Å². The molecule has 0 bridgehead atoms. The minimum atomic E-state index is 0.0508. The van der Waals surface area contributed by atoms with Gasteiger partial charge in [0, 0.05) is 6.54 Å². The number of para-hydroxylation sites is 1. The Balaban J connectivity index is 1.88. The summed E-state index contributed by atoms with van der Waals surface area (Å²) in [6.45, 7) is 5.06. The van der Waals surface area contributed by atoms with Gasteiger partial charge in [-0.25, -0.2) is 0 Å². The first-order valence-electron chi connectivity index (χ1n) is 8.64. The zero-order chi connectivity index (χ0) is 17.2. The monoisotopic (exact) mass is 346 g/mol. The quantitative estimate of drug-likeness (QED) is 0.527. The second-order valence-electron chi connectivity index (χ2n) is 5.67. The second kappa shape index (κ2) is 10.1. The first kappa shape index (κ1) is 18.5. The summed E-state index contributed by atoms with van der Waals surface area (Å²) in [4.78, 5) is 12.0. The van der Waals surface area contributed by atoms with Gasteiger partial charge in [-0.3, -0.25) is 9.36 Å². The highest BCUT2D eigenvalue weighted by Gasteiger charge is 2.11. The molecule has 0 aliphatic rings. The molecule has 6 heteroatoms. The summed E-state index contributed by atoms with van der Waals surface area (Å²) < 4.78 is 1.96. The Morgan fingerprint density at radius 1 is 1.21 bits per heavy atom. The van der Waals surface area contributed by atoms with E-state index in [1.54, 1.807) is 6.33 Å². The minimum absolute atomic E-state index is 0.0508. The van der Waals surface area contributed by atoms with Crippen LogP contribution >= 0.6 is 11.8 Å². The van der Waals surface area contributed by atoms with Crippen molar-refractivity contribution in [2.24, 2.45) is 0 Å². The third kappa shape index (κ3) is 5.37. The predicted octanol–water partition coefficient (Wildman–Crippen LogP) is 3.62. The maximum Gasteiger partial charge on any atom is 0.230 e. The molecule has 0 aliphatic carbocycles. The Labute approximate surface area is 148 Å². The standard InChI is InChI=1S/C18H26N4OS/c1-3-5-6-9-12-19-17(23)13-24-18-21-20-14-22(18)16-11-8-7-10-15(16)4-2/h7-8,10-11,14H,3-6,9,12-13H2,1-2H3,(H,19,23). The predicted molar refractivity (Wildman–Crippen MR) is 98.6 cm³/mol. The van der Waals surface area contributed by atoms with E-state index >= 15 is 0 Å². The third-order valence-corrected chi connectivity index (χ3v) is 4.78. The Kier molecular flexibility index (Phi) is 7.82. The van der Waals surface area contributed by atoms with Gasteiger partial charge < -0.3 is 5.32 Å². The summed E-state index contributed by atoms with van der Waals surface area (Å²) in [5, 5.41) is 11.9. The van der Waals surface area contributed by atoms with E-state index in [1.165, 1.54) is 36.6 Å². The molecule has 0 spiro atoms. The highest BCUT2D eigenvalue weighted by Crippen LogP contribution is 2.22. The molecule has 0 aliphatic heterocycles. The van der Waals surface area contributed by atoms with Crippen molar-refractivity contribution in [3.63, 3.8) is 0 Å². The van der Waals surface area contributed by atoms with Gasteiger partial charge in [-0.15, -0.1) is 10.2 Å². The fourth-order valence-corrected chi connectivity index (χ4v) is 3.25. The average molecular weight is 347 g/mol. The number of nitrogens with zero attached hydrogens (tertiary/aromatic N) is 3. The molecule has 0 fully saturated rings. The number of carbonyl (C=O) groups excluding carboxylic acids is 1. The van der Waals surface area contributed by atoms with Crippen molar-refractivity contribution >= 4 is 17.7 Å². The summed E-state index contributed by atoms with van der Waals surface area (Å²) in [6.07, 6.45) is 7.30. The minimum Gasteiger partial charge on any atom is -0.355 e. The maximum atomic E-state index is 12.0. The number of aryl methyl sites for hydroxylation is 1. The van der Waals surface area contributed by atoms with Crippen molar-refractivity contribution in [3.05, 3.63) is 36.2 Å². The van der Waals surface area contributed by atoms with Crippen LogP contribution in [0.3, 0.4) is 0 Å². The number of nitrogens with one attached hydrogen (secondary N) is 1. The lowest BCUT2D eigenvalue weighted by Gasteiger charge is -2.10. The van der Waals surface area contributed by atoms with Crippen LogP contribution in [0.2, 0.25) is 0 Å². The molecular weight excluding hydrogens is 320 g/mol. The van der Waals surface area contributed by atoms with Gasteiger partial charge in [0.15, 0.2) is 5.16 Å². The Hall–Kier alpha value is -1.82. The van der Waals surface area contributed by atoms with Crippen molar-refractivity contribution in [2.75, 3.05) is 12.3 Å². The van der Waals surface area contributed by atoms with Crippen molar-refractivity contribution in [3.8, 4) is 5.69 Å². The lowest BCUT2D eigenvalue weighted by atomic mass is 10.1. The van der Waals surface area contributed by atoms with E-state index in [4.69, 9.17) is 0 Å². The molecule has 0 unspecified atom stereocenters. The first-order chi connectivity index (χ1) is 11.8. The summed E-state index contributed by atoms with van der Waals surface area (Å²) in [6, 6.07) is 8.20. The van der Waals surface area contributed by atoms with Crippen LogP contribution in [0.25, 0.3) is 5.69 Å². The number of benzene rings is 1. The summed E-state index contributed by atoms with van der Waals surface area (Å²) in [5.74, 6) is 0.413. The van der Waals surface area contributed by atoms with Crippen molar-refractivity contribution < 1.29 is 4.79 Å². The Bertz CT molecular complexity index is 641. The Morgan fingerprint density at radius 2 is 2.04 bits per heavy atom. The highest BCUT2D eigenvalue weighted by molar-refractivity contribution is 7.99. The van der Waals surface area contributed by atoms with Gasteiger partial charge in [-0.05, 0) is 24.5 Å². The van der Waals surface area contributed by atoms with Gasteiger partial charge in [-0.2, -0.15) is 0 Å². The second-order valence-corrected chi connectivity index (χ2v) is 6.61. The van der Waals surface area contributed by atoms with Gasteiger partial charge in [-0.1, -0.05) is 63.1 Å². The molecule has 24 heavy (non-hydrogen) atoms. The number of aromatic nitrogens is 3. The van der Waals surface area contributed by atoms with Crippen LogP contribution < -0.4 is 5.32 Å². The van der Waals surface area contributed by atoms with E-state index < -0.39 is 0 Å². The summed E-state index contributed by atoms with van der Waals surface area (Å²) >= 11 is 1.42. The SMILES string of the molecule is CCCCCCNC(=O)CSc1nncn1-c1ccccc1CC. The lowest BCUT2D eigenvalue weighted by molar-refractivity contribution is -0.118. The van der Waals surface area contributed by atoms with Crippen molar-refractivity contribution in [2.45, 2.75) is 51.1 Å². The number of hydrogen-bond acceptors (Lipinski definition) is 4. The highest BCUT2D eigenvalue weighted by atomic mass is 32.2. The zero-order valence-corrected chi connectivity index (χ0v) is 15.3. The molecule has 2 rings (SSSR count). The van der Waals surface area contributed by atoms with Crippen molar-refractivity contribution in [1.29, 1.82) is 0 Å². The van der Waals surface area contributed by atoms with Gasteiger partial charge in [0.05, 0.1) is 11.4 Å². The smallest absolute Gasteiger partial charge is 0.230 e. The maximum absolute atomic E-state index is 12.0. The fourth-order valence-electron chi connectivity index (χ4n) is 2.49. The number of hydrogen-bond donors (Lipinski definition) is 1. The van der Waals surface area contributed by atoms with Crippen LogP contribution in [0.5, 0.6) is 0 Å². The number of thioether (sulfide) groups is 1.